The van der Waals surface area contributed by atoms with Crippen LogP contribution in [0.25, 0.3) is 0 Å². The summed E-state index contributed by atoms with van der Waals surface area (Å²) in [6.07, 6.45) is 5.37. The second kappa shape index (κ2) is 7.66. The lowest BCUT2D eigenvalue weighted by Crippen LogP contribution is -2.37. The van der Waals surface area contributed by atoms with Crippen LogP contribution in [-0.4, -0.2) is 52.0 Å². The smallest absolute Gasteiger partial charge is 0.319 e. The van der Waals surface area contributed by atoms with Crippen LogP contribution in [0.2, 0.25) is 0 Å². The van der Waals surface area contributed by atoms with Gasteiger partial charge in [0, 0.05) is 38.7 Å². The minimum absolute atomic E-state index is 0.148. The number of alkyl halides is 2. The van der Waals surface area contributed by atoms with Gasteiger partial charge < -0.3 is 9.84 Å². The lowest BCUT2D eigenvalue weighted by Gasteiger charge is -2.31. The second-order valence-electron chi connectivity index (χ2n) is 4.95. The quantitative estimate of drug-likeness (QED) is 0.775. The van der Waals surface area contributed by atoms with E-state index in [2.05, 4.69) is 9.88 Å². The van der Waals surface area contributed by atoms with E-state index in [0.717, 1.165) is 30.5 Å². The van der Waals surface area contributed by atoms with Gasteiger partial charge in [0.25, 0.3) is 0 Å². The Kier molecular flexibility index (Phi) is 5.87. The first-order valence-electron chi connectivity index (χ1n) is 6.95. The van der Waals surface area contributed by atoms with Gasteiger partial charge in [-0.05, 0) is 19.3 Å². The number of nitrogens with zero attached hydrogens (tertiary/aromatic N) is 3. The molecule has 5 nitrogen and oxygen atoms in total. The highest BCUT2D eigenvalue weighted by atomic mass is 19.3. The Morgan fingerprint density at radius 3 is 2.80 bits per heavy atom. The first-order valence-corrected chi connectivity index (χ1v) is 6.95. The molecule has 0 saturated carbocycles. The Morgan fingerprint density at radius 2 is 2.15 bits per heavy atom. The average molecular weight is 289 g/mol. The normalized spacial score (nSPS) is 18.0. The number of piperidine rings is 1. The van der Waals surface area contributed by atoms with Gasteiger partial charge in [0.1, 0.15) is 5.82 Å². The lowest BCUT2D eigenvalue weighted by atomic mass is 10.1. The molecular weight excluding hydrogens is 268 g/mol. The molecule has 0 unspecified atom stereocenters. The molecule has 1 aromatic rings. The topological polar surface area (TPSA) is 50.5 Å². The summed E-state index contributed by atoms with van der Waals surface area (Å²) < 4.78 is 32.0. The maximum atomic E-state index is 12.7. The number of aliphatic hydroxyl groups excluding tert-OH is 1. The molecule has 0 atom stereocenters. The number of rotatable bonds is 7. The van der Waals surface area contributed by atoms with Gasteiger partial charge in [-0.3, -0.25) is 9.47 Å². The van der Waals surface area contributed by atoms with Crippen molar-refractivity contribution >= 4 is 0 Å². The van der Waals surface area contributed by atoms with Gasteiger partial charge in [-0.25, -0.2) is 4.98 Å². The van der Waals surface area contributed by atoms with Crippen LogP contribution in [-0.2, 0) is 11.3 Å². The zero-order valence-corrected chi connectivity index (χ0v) is 11.4. The number of ether oxygens (including phenoxy) is 1. The summed E-state index contributed by atoms with van der Waals surface area (Å²) in [5, 5.41) is 8.69. The number of imidazole rings is 1. The zero-order chi connectivity index (χ0) is 14.4. The highest BCUT2D eigenvalue weighted by Crippen LogP contribution is 2.18. The summed E-state index contributed by atoms with van der Waals surface area (Å²) in [4.78, 5) is 6.11. The predicted octanol–water partition coefficient (Wildman–Crippen LogP) is 1.64. The second-order valence-corrected chi connectivity index (χ2v) is 4.95. The minimum Gasteiger partial charge on any atom is -0.396 e. The molecule has 1 fully saturated rings. The van der Waals surface area contributed by atoms with Crippen LogP contribution in [0.5, 0.6) is 0 Å². The molecule has 1 aromatic heterocycles. The monoisotopic (exact) mass is 289 g/mol. The zero-order valence-electron chi connectivity index (χ0n) is 11.4. The van der Waals surface area contributed by atoms with Crippen LogP contribution in [0.3, 0.4) is 0 Å². The van der Waals surface area contributed by atoms with E-state index in [0.29, 0.717) is 25.4 Å². The third-order valence-corrected chi connectivity index (χ3v) is 3.51. The van der Waals surface area contributed by atoms with E-state index in [1.807, 2.05) is 0 Å². The summed E-state index contributed by atoms with van der Waals surface area (Å²) in [5.74, 6) is 0.402. The van der Waals surface area contributed by atoms with Crippen LogP contribution < -0.4 is 0 Å². The van der Waals surface area contributed by atoms with Crippen molar-refractivity contribution in [3.8, 4) is 0 Å². The Balaban J connectivity index is 1.75. The van der Waals surface area contributed by atoms with Crippen molar-refractivity contribution < 1.29 is 18.6 Å². The molecule has 1 N–H and O–H groups in total. The van der Waals surface area contributed by atoms with Gasteiger partial charge in [-0.15, -0.1) is 0 Å². The van der Waals surface area contributed by atoms with Gasteiger partial charge in [0.2, 0.25) is 0 Å². The van der Waals surface area contributed by atoms with Crippen LogP contribution >= 0.6 is 0 Å². The van der Waals surface area contributed by atoms with Crippen molar-refractivity contribution in [3.63, 3.8) is 0 Å². The molecule has 2 rings (SSSR count). The van der Waals surface area contributed by atoms with Gasteiger partial charge in [-0.2, -0.15) is 8.78 Å². The molecule has 0 bridgehead atoms. The third-order valence-electron chi connectivity index (χ3n) is 3.51. The predicted molar refractivity (Wildman–Crippen MR) is 69.4 cm³/mol. The van der Waals surface area contributed by atoms with Crippen molar-refractivity contribution in [2.45, 2.75) is 38.5 Å². The number of aromatic nitrogens is 2. The first kappa shape index (κ1) is 15.3. The fourth-order valence-electron chi connectivity index (χ4n) is 2.39. The Hall–Kier alpha value is -1.05. The van der Waals surface area contributed by atoms with Crippen molar-refractivity contribution in [1.82, 2.24) is 14.5 Å². The third kappa shape index (κ3) is 4.22. The van der Waals surface area contributed by atoms with E-state index >= 15 is 0 Å². The number of aliphatic hydroxyl groups is 1. The summed E-state index contributed by atoms with van der Waals surface area (Å²) in [6.45, 7) is 0.277. The Bertz CT molecular complexity index is 393. The van der Waals surface area contributed by atoms with E-state index < -0.39 is 6.55 Å². The molecule has 0 radical (unpaired) electrons. The number of hydrogen-bond acceptors (Lipinski definition) is 4. The molecule has 0 amide bonds. The Labute approximate surface area is 117 Å². The molecule has 0 aromatic carbocycles. The minimum atomic E-state index is -2.54. The summed E-state index contributed by atoms with van der Waals surface area (Å²) in [6, 6.07) is 0. The van der Waals surface area contributed by atoms with E-state index in [-0.39, 0.29) is 12.7 Å². The first-order chi connectivity index (χ1) is 9.70. The summed E-state index contributed by atoms with van der Waals surface area (Å²) in [7, 11) is 0. The van der Waals surface area contributed by atoms with Gasteiger partial charge in [-0.1, -0.05) is 0 Å². The maximum Gasteiger partial charge on any atom is 0.319 e. The average Bonchev–Trinajstić information content (AvgIpc) is 2.89. The lowest BCUT2D eigenvalue weighted by molar-refractivity contribution is -0.00114. The van der Waals surface area contributed by atoms with E-state index in [9.17, 15) is 8.78 Å². The number of hydrogen-bond donors (Lipinski definition) is 1. The largest absolute Gasteiger partial charge is 0.396 e. The fourth-order valence-corrected chi connectivity index (χ4v) is 2.39. The molecular formula is C13H21F2N3O2. The van der Waals surface area contributed by atoms with Crippen LogP contribution in [0.1, 0.15) is 31.6 Å². The van der Waals surface area contributed by atoms with Crippen LogP contribution in [0.15, 0.2) is 12.4 Å². The molecule has 2 heterocycles. The molecule has 0 spiro atoms. The number of halogens is 2. The molecule has 20 heavy (non-hydrogen) atoms. The molecule has 114 valence electrons. The maximum absolute atomic E-state index is 12.7. The SMILES string of the molecule is OCCCOC1CCN(Cc2nccn2C(F)F)CC1. The van der Waals surface area contributed by atoms with Crippen molar-refractivity contribution in [3.05, 3.63) is 18.2 Å². The molecule has 1 aliphatic rings. The van der Waals surface area contributed by atoms with Gasteiger partial charge >= 0.3 is 6.55 Å². The standard InChI is InChI=1S/C13H21F2N3O2/c14-13(15)18-7-4-16-12(18)10-17-5-2-11(3-6-17)20-9-1-8-19/h4,7,11,13,19H,1-3,5-6,8-10H2. The highest BCUT2D eigenvalue weighted by molar-refractivity contribution is 4.93. The summed E-state index contributed by atoms with van der Waals surface area (Å²) >= 11 is 0. The van der Waals surface area contributed by atoms with E-state index in [4.69, 9.17) is 9.84 Å². The molecule has 1 aliphatic heterocycles. The molecule has 1 saturated heterocycles. The van der Waals surface area contributed by atoms with Crippen LogP contribution in [0.4, 0.5) is 8.78 Å². The molecule has 7 heteroatoms. The van der Waals surface area contributed by atoms with Crippen molar-refractivity contribution in [2.75, 3.05) is 26.3 Å². The van der Waals surface area contributed by atoms with Crippen LogP contribution in [0, 0.1) is 0 Å². The van der Waals surface area contributed by atoms with Crippen molar-refractivity contribution in [1.29, 1.82) is 0 Å². The van der Waals surface area contributed by atoms with Gasteiger partial charge in [0.05, 0.1) is 12.6 Å². The number of likely N-dealkylation sites (tertiary alicyclic amines) is 1. The van der Waals surface area contributed by atoms with E-state index in [1.54, 1.807) is 0 Å². The fraction of sp³-hybridized carbons (Fsp3) is 0.769. The molecule has 0 aliphatic carbocycles. The summed E-state index contributed by atoms with van der Waals surface area (Å²) in [5.41, 5.74) is 0. The Morgan fingerprint density at radius 1 is 1.40 bits per heavy atom. The van der Waals surface area contributed by atoms with Gasteiger partial charge in [0.15, 0.2) is 0 Å². The highest BCUT2D eigenvalue weighted by Gasteiger charge is 2.21. The van der Waals surface area contributed by atoms with E-state index in [1.165, 1.54) is 12.4 Å². The van der Waals surface area contributed by atoms with Crippen molar-refractivity contribution in [2.24, 2.45) is 0 Å².